The van der Waals surface area contributed by atoms with Gasteiger partial charge in [0.2, 0.25) is 5.91 Å². The maximum absolute atomic E-state index is 12.6. The number of fused-ring (bicyclic) bond motifs is 2. The van der Waals surface area contributed by atoms with Gasteiger partial charge in [0.1, 0.15) is 0 Å². The number of nitrogens with zero attached hydrogens (tertiary/aromatic N) is 2. The second-order valence-electron chi connectivity index (χ2n) is 7.28. The van der Waals surface area contributed by atoms with Crippen molar-refractivity contribution in [2.45, 2.75) is 20.4 Å². The second kappa shape index (κ2) is 7.43. The Bertz CT molecular complexity index is 1150. The lowest BCUT2D eigenvalue weighted by atomic mass is 10.0. The van der Waals surface area contributed by atoms with E-state index in [0.29, 0.717) is 18.1 Å². The molecule has 7 heteroatoms. The van der Waals surface area contributed by atoms with Crippen LogP contribution in [-0.2, 0) is 16.1 Å². The molecule has 0 aliphatic carbocycles. The summed E-state index contributed by atoms with van der Waals surface area (Å²) in [7, 11) is 1.78. The van der Waals surface area contributed by atoms with Crippen molar-refractivity contribution in [1.29, 1.82) is 0 Å². The van der Waals surface area contributed by atoms with Crippen LogP contribution in [0, 0.1) is 13.8 Å². The lowest BCUT2D eigenvalue weighted by molar-refractivity contribution is -0.125. The van der Waals surface area contributed by atoms with Gasteiger partial charge in [0.05, 0.1) is 0 Å². The number of nitrogens with one attached hydrogen (secondary N) is 2. The third-order valence-corrected chi connectivity index (χ3v) is 5.04. The molecule has 3 aromatic rings. The van der Waals surface area contributed by atoms with Gasteiger partial charge >= 0.3 is 0 Å². The normalized spacial score (nSPS) is 13.3. The summed E-state index contributed by atoms with van der Waals surface area (Å²) in [4.78, 5) is 33.0. The SMILES string of the molecule is Cc1cc2[nH]cc(C)c2cc1CN(C)C(=O)C=Cc1cnc2c(c1)OCC(=O)N2. The van der Waals surface area contributed by atoms with E-state index in [1.54, 1.807) is 30.3 Å². The van der Waals surface area contributed by atoms with E-state index in [4.69, 9.17) is 4.74 Å². The molecular formula is C22H22N4O3. The molecule has 3 heterocycles. The Morgan fingerprint density at radius 3 is 2.93 bits per heavy atom. The Morgan fingerprint density at radius 2 is 2.10 bits per heavy atom. The number of amides is 2. The summed E-state index contributed by atoms with van der Waals surface area (Å²) in [5.41, 5.74) is 5.27. The number of anilines is 1. The lowest BCUT2D eigenvalue weighted by Crippen LogP contribution is -2.26. The van der Waals surface area contributed by atoms with Gasteiger partial charge in [0, 0.05) is 43.0 Å². The molecule has 4 rings (SSSR count). The smallest absolute Gasteiger partial charge is 0.263 e. The molecule has 0 saturated heterocycles. The van der Waals surface area contributed by atoms with E-state index in [1.807, 2.05) is 6.20 Å². The van der Waals surface area contributed by atoms with E-state index >= 15 is 0 Å². The summed E-state index contributed by atoms with van der Waals surface area (Å²) in [5.74, 6) is 0.557. The van der Waals surface area contributed by atoms with Crippen LogP contribution in [0.2, 0.25) is 0 Å². The molecule has 2 amide bonds. The van der Waals surface area contributed by atoms with Crippen molar-refractivity contribution in [2.24, 2.45) is 0 Å². The number of aryl methyl sites for hydroxylation is 2. The average molecular weight is 390 g/mol. The molecule has 0 atom stereocenters. The highest BCUT2D eigenvalue weighted by atomic mass is 16.5. The van der Waals surface area contributed by atoms with Crippen LogP contribution in [-0.4, -0.2) is 40.3 Å². The summed E-state index contributed by atoms with van der Waals surface area (Å²) in [5, 5.41) is 3.82. The van der Waals surface area contributed by atoms with Gasteiger partial charge in [-0.2, -0.15) is 0 Å². The number of benzene rings is 1. The standard InChI is InChI=1S/C22H22N4O3/c1-13-6-18-17(14(2)9-23-18)8-16(13)11-26(3)21(28)5-4-15-7-19-22(24-10-15)25-20(27)12-29-19/h4-10,23H,11-12H2,1-3H3,(H,24,25,27). The largest absolute Gasteiger partial charge is 0.480 e. The van der Waals surface area contributed by atoms with E-state index in [2.05, 4.69) is 41.3 Å². The molecule has 0 unspecified atom stereocenters. The molecule has 7 nitrogen and oxygen atoms in total. The van der Waals surface area contributed by atoms with Crippen molar-refractivity contribution in [2.75, 3.05) is 19.0 Å². The Hall–Kier alpha value is -3.61. The minimum atomic E-state index is -0.228. The van der Waals surface area contributed by atoms with Crippen LogP contribution < -0.4 is 10.1 Å². The van der Waals surface area contributed by atoms with Gasteiger partial charge in [-0.1, -0.05) is 0 Å². The molecule has 0 spiro atoms. The predicted molar refractivity (Wildman–Crippen MR) is 112 cm³/mol. The highest BCUT2D eigenvalue weighted by Gasteiger charge is 2.17. The first-order valence-corrected chi connectivity index (χ1v) is 9.34. The highest BCUT2D eigenvalue weighted by molar-refractivity contribution is 5.95. The number of carbonyl (C=O) groups excluding carboxylic acids is 2. The van der Waals surface area contributed by atoms with Crippen LogP contribution in [0.1, 0.15) is 22.3 Å². The first-order valence-electron chi connectivity index (χ1n) is 9.34. The van der Waals surface area contributed by atoms with E-state index in [0.717, 1.165) is 22.2 Å². The van der Waals surface area contributed by atoms with E-state index in [1.165, 1.54) is 17.0 Å². The molecule has 0 saturated carbocycles. The van der Waals surface area contributed by atoms with Crippen molar-refractivity contribution < 1.29 is 14.3 Å². The fourth-order valence-corrected chi connectivity index (χ4v) is 3.33. The first-order chi connectivity index (χ1) is 13.9. The van der Waals surface area contributed by atoms with Crippen LogP contribution in [0.4, 0.5) is 5.82 Å². The average Bonchev–Trinajstić information content (AvgIpc) is 3.05. The number of pyridine rings is 1. The number of hydrogen-bond acceptors (Lipinski definition) is 4. The molecule has 1 aliphatic heterocycles. The maximum atomic E-state index is 12.6. The van der Waals surface area contributed by atoms with Crippen LogP contribution in [0.15, 0.2) is 36.7 Å². The van der Waals surface area contributed by atoms with Gasteiger partial charge in [-0.25, -0.2) is 4.98 Å². The molecule has 0 radical (unpaired) electrons. The van der Waals surface area contributed by atoms with Crippen molar-refractivity contribution in [3.8, 4) is 5.75 Å². The van der Waals surface area contributed by atoms with E-state index in [-0.39, 0.29) is 18.4 Å². The van der Waals surface area contributed by atoms with E-state index < -0.39 is 0 Å². The minimum Gasteiger partial charge on any atom is -0.480 e. The number of ether oxygens (including phenoxy) is 1. The van der Waals surface area contributed by atoms with Gasteiger partial charge in [-0.3, -0.25) is 9.59 Å². The number of hydrogen-bond donors (Lipinski definition) is 2. The summed E-state index contributed by atoms with van der Waals surface area (Å²) in [6, 6.07) is 6.00. The zero-order chi connectivity index (χ0) is 20.5. The van der Waals surface area contributed by atoms with Gasteiger partial charge in [0.25, 0.3) is 5.91 Å². The van der Waals surface area contributed by atoms with Crippen LogP contribution >= 0.6 is 0 Å². The molecule has 1 aliphatic rings. The second-order valence-corrected chi connectivity index (χ2v) is 7.28. The Morgan fingerprint density at radius 1 is 1.28 bits per heavy atom. The minimum absolute atomic E-state index is 0.0339. The van der Waals surface area contributed by atoms with Gasteiger partial charge in [-0.15, -0.1) is 0 Å². The molecule has 2 aromatic heterocycles. The van der Waals surface area contributed by atoms with Crippen molar-refractivity contribution in [1.82, 2.24) is 14.9 Å². The summed E-state index contributed by atoms with van der Waals surface area (Å²) >= 11 is 0. The molecule has 0 fully saturated rings. The Labute approximate surface area is 168 Å². The van der Waals surface area contributed by atoms with Crippen LogP contribution in [0.3, 0.4) is 0 Å². The number of H-pyrrole nitrogens is 1. The zero-order valence-electron chi connectivity index (χ0n) is 16.6. The van der Waals surface area contributed by atoms with Gasteiger partial charge in [-0.05, 0) is 60.4 Å². The topological polar surface area (TPSA) is 87.3 Å². The van der Waals surface area contributed by atoms with Crippen molar-refractivity contribution >= 4 is 34.6 Å². The number of aromatic amines is 1. The van der Waals surface area contributed by atoms with Gasteiger partial charge < -0.3 is 19.9 Å². The third-order valence-electron chi connectivity index (χ3n) is 5.04. The van der Waals surface area contributed by atoms with Crippen LogP contribution in [0.25, 0.3) is 17.0 Å². The lowest BCUT2D eigenvalue weighted by Gasteiger charge is -2.18. The molecule has 2 N–H and O–H groups in total. The number of rotatable bonds is 4. The monoisotopic (exact) mass is 390 g/mol. The van der Waals surface area contributed by atoms with Crippen molar-refractivity contribution in [3.05, 3.63) is 58.9 Å². The Kier molecular flexibility index (Phi) is 4.80. The molecule has 1 aromatic carbocycles. The maximum Gasteiger partial charge on any atom is 0.263 e. The summed E-state index contributed by atoms with van der Waals surface area (Å²) < 4.78 is 5.35. The molecule has 0 bridgehead atoms. The summed E-state index contributed by atoms with van der Waals surface area (Å²) in [6.45, 7) is 4.61. The molecule has 148 valence electrons. The molecule has 29 heavy (non-hydrogen) atoms. The fraction of sp³-hybridized carbons (Fsp3) is 0.227. The van der Waals surface area contributed by atoms with Crippen LogP contribution in [0.5, 0.6) is 5.75 Å². The first kappa shape index (κ1) is 18.7. The summed E-state index contributed by atoms with van der Waals surface area (Å²) in [6.07, 6.45) is 6.79. The third kappa shape index (κ3) is 3.85. The van der Waals surface area contributed by atoms with E-state index in [9.17, 15) is 9.59 Å². The van der Waals surface area contributed by atoms with Crippen molar-refractivity contribution in [3.63, 3.8) is 0 Å². The molecular weight excluding hydrogens is 368 g/mol. The quantitative estimate of drug-likeness (QED) is 0.670. The van der Waals surface area contributed by atoms with Gasteiger partial charge in [0.15, 0.2) is 18.2 Å². The zero-order valence-corrected chi connectivity index (χ0v) is 16.6. The predicted octanol–water partition coefficient (Wildman–Crippen LogP) is 3.18. The number of likely N-dealkylation sites (N-methyl/N-ethyl adjacent to an activating group) is 1. The highest BCUT2D eigenvalue weighted by Crippen LogP contribution is 2.26. The Balaban J connectivity index is 1.46. The number of carbonyl (C=O) groups is 2. The number of aromatic nitrogens is 2. The fourth-order valence-electron chi connectivity index (χ4n) is 3.33.